The fourth-order valence-corrected chi connectivity index (χ4v) is 3.87. The summed E-state index contributed by atoms with van der Waals surface area (Å²) in [7, 11) is 0. The molecule has 2 N–H and O–H groups in total. The Labute approximate surface area is 122 Å². The lowest BCUT2D eigenvalue weighted by atomic mass is 9.76. The number of carbonyl (C=O) groups is 1. The molecule has 5 heteroatoms. The maximum Gasteiger partial charge on any atom is 0.184 e. The first kappa shape index (κ1) is 12.8. The lowest BCUT2D eigenvalue weighted by Crippen LogP contribution is -2.47. The number of hydrogen-bond donors (Lipinski definition) is 2. The number of phenolic OH excluding ortho intramolecular Hbond substituents is 1. The number of aromatic nitrogens is 2. The zero-order valence-electron chi connectivity index (χ0n) is 11.9. The summed E-state index contributed by atoms with van der Waals surface area (Å²) in [6.45, 7) is 3.42. The van der Waals surface area contributed by atoms with E-state index in [0.717, 1.165) is 17.4 Å². The number of nitrogens with zero attached hydrogens (tertiary/aromatic N) is 2. The predicted molar refractivity (Wildman–Crippen MR) is 79.4 cm³/mol. The van der Waals surface area contributed by atoms with E-state index in [1.54, 1.807) is 18.2 Å². The highest BCUT2D eigenvalue weighted by molar-refractivity contribution is 6.06. The third-order valence-electron chi connectivity index (χ3n) is 5.05. The van der Waals surface area contributed by atoms with Gasteiger partial charge in [-0.3, -0.25) is 9.89 Å². The molecule has 0 saturated carbocycles. The molecule has 2 bridgehead atoms. The Bertz CT molecular complexity index is 686. The van der Waals surface area contributed by atoms with Crippen LogP contribution in [0, 0.1) is 11.8 Å². The third-order valence-corrected chi connectivity index (χ3v) is 5.05. The van der Waals surface area contributed by atoms with Crippen LogP contribution in [0.25, 0.3) is 10.9 Å². The average Bonchev–Trinajstić information content (AvgIpc) is 2.91. The second kappa shape index (κ2) is 4.84. The van der Waals surface area contributed by atoms with E-state index < -0.39 is 0 Å². The van der Waals surface area contributed by atoms with E-state index in [4.69, 9.17) is 0 Å². The van der Waals surface area contributed by atoms with Gasteiger partial charge in [0, 0.05) is 18.4 Å². The van der Waals surface area contributed by atoms with Gasteiger partial charge in [0.15, 0.2) is 5.78 Å². The molecular formula is C16H19N3O2. The molecule has 3 saturated heterocycles. The highest BCUT2D eigenvalue weighted by Crippen LogP contribution is 2.35. The van der Waals surface area contributed by atoms with Gasteiger partial charge < -0.3 is 10.0 Å². The van der Waals surface area contributed by atoms with Crippen LogP contribution in [-0.4, -0.2) is 45.6 Å². The Kier molecular flexibility index (Phi) is 2.96. The van der Waals surface area contributed by atoms with Crippen molar-refractivity contribution in [3.05, 3.63) is 23.9 Å². The van der Waals surface area contributed by atoms with E-state index in [9.17, 15) is 9.90 Å². The van der Waals surface area contributed by atoms with E-state index in [2.05, 4.69) is 15.1 Å². The Hall–Kier alpha value is -1.88. The van der Waals surface area contributed by atoms with Gasteiger partial charge in [-0.2, -0.15) is 5.10 Å². The Morgan fingerprint density at radius 1 is 1.38 bits per heavy atom. The molecule has 110 valence electrons. The molecule has 1 aromatic heterocycles. The fraction of sp³-hybridized carbons (Fsp3) is 0.500. The quantitative estimate of drug-likeness (QED) is 0.848. The van der Waals surface area contributed by atoms with Crippen LogP contribution in [0.5, 0.6) is 5.75 Å². The summed E-state index contributed by atoms with van der Waals surface area (Å²) in [6.07, 6.45) is 3.01. The summed E-state index contributed by atoms with van der Waals surface area (Å²) in [5, 5.41) is 17.4. The van der Waals surface area contributed by atoms with Crippen LogP contribution in [0.3, 0.4) is 0 Å². The summed E-state index contributed by atoms with van der Waals surface area (Å²) in [5.41, 5.74) is 1.27. The van der Waals surface area contributed by atoms with Gasteiger partial charge in [-0.1, -0.05) is 0 Å². The van der Waals surface area contributed by atoms with Crippen LogP contribution >= 0.6 is 0 Å². The maximum absolute atomic E-state index is 12.6. The van der Waals surface area contributed by atoms with E-state index >= 15 is 0 Å². The molecule has 0 aliphatic carbocycles. The van der Waals surface area contributed by atoms with Crippen molar-refractivity contribution in [2.75, 3.05) is 19.6 Å². The third kappa shape index (κ3) is 2.21. The number of Topliss-reactive ketones (excluding diaryl/α,β-unsaturated/α-hetero) is 1. The largest absolute Gasteiger partial charge is 0.508 e. The lowest BCUT2D eigenvalue weighted by molar-refractivity contribution is 0.0440. The minimum atomic E-state index is 0.0885. The van der Waals surface area contributed by atoms with Gasteiger partial charge >= 0.3 is 0 Å². The first-order chi connectivity index (χ1) is 10.2. The summed E-state index contributed by atoms with van der Waals surface area (Å²) in [6, 6.07) is 4.97. The van der Waals surface area contributed by atoms with Gasteiger partial charge in [-0.15, -0.1) is 0 Å². The number of fused-ring (bicyclic) bond motifs is 4. The van der Waals surface area contributed by atoms with E-state index in [1.165, 1.54) is 25.9 Å². The normalized spacial score (nSPS) is 28.1. The van der Waals surface area contributed by atoms with Crippen molar-refractivity contribution in [1.82, 2.24) is 15.1 Å². The number of H-pyrrole nitrogens is 1. The van der Waals surface area contributed by atoms with Gasteiger partial charge in [0.2, 0.25) is 0 Å². The number of aromatic amines is 1. The molecule has 5 nitrogen and oxygen atoms in total. The monoisotopic (exact) mass is 285 g/mol. The highest BCUT2D eigenvalue weighted by atomic mass is 16.3. The summed E-state index contributed by atoms with van der Waals surface area (Å²) in [5.74, 6) is 1.41. The molecule has 21 heavy (non-hydrogen) atoms. The van der Waals surface area contributed by atoms with Crippen molar-refractivity contribution in [2.24, 2.45) is 11.8 Å². The second-order valence-electron chi connectivity index (χ2n) is 6.33. The number of piperidine rings is 3. The van der Waals surface area contributed by atoms with E-state index in [1.807, 2.05) is 0 Å². The number of phenols is 1. The summed E-state index contributed by atoms with van der Waals surface area (Å²) >= 11 is 0. The SMILES string of the molecule is O=C(C[C@@H]1CN2CCC1CC2)c1n[nH]c2ccc(O)cc12. The van der Waals surface area contributed by atoms with Crippen LogP contribution in [0.15, 0.2) is 18.2 Å². The summed E-state index contributed by atoms with van der Waals surface area (Å²) in [4.78, 5) is 15.1. The minimum absolute atomic E-state index is 0.0885. The van der Waals surface area contributed by atoms with Crippen molar-refractivity contribution in [3.63, 3.8) is 0 Å². The molecule has 0 radical (unpaired) electrons. The van der Waals surface area contributed by atoms with Crippen LogP contribution in [-0.2, 0) is 0 Å². The molecule has 2 aromatic rings. The number of ketones is 1. The zero-order chi connectivity index (χ0) is 14.4. The van der Waals surface area contributed by atoms with Gasteiger partial charge in [0.25, 0.3) is 0 Å². The number of hydrogen-bond acceptors (Lipinski definition) is 4. The average molecular weight is 285 g/mol. The smallest absolute Gasteiger partial charge is 0.184 e. The summed E-state index contributed by atoms with van der Waals surface area (Å²) < 4.78 is 0. The van der Waals surface area contributed by atoms with Gasteiger partial charge in [0.05, 0.1) is 5.52 Å². The fourth-order valence-electron chi connectivity index (χ4n) is 3.87. The number of aromatic hydroxyl groups is 1. The molecule has 0 spiro atoms. The van der Waals surface area contributed by atoms with Crippen LogP contribution in [0.1, 0.15) is 29.8 Å². The molecule has 4 heterocycles. The topological polar surface area (TPSA) is 69.2 Å². The predicted octanol–water partition coefficient (Wildman–Crippen LogP) is 2.18. The van der Waals surface area contributed by atoms with Crippen molar-refractivity contribution < 1.29 is 9.90 Å². The Morgan fingerprint density at radius 3 is 2.90 bits per heavy atom. The number of carbonyl (C=O) groups excluding carboxylic acids is 1. The molecule has 3 aliphatic heterocycles. The minimum Gasteiger partial charge on any atom is -0.508 e. The number of rotatable bonds is 3. The molecule has 3 fully saturated rings. The second-order valence-corrected chi connectivity index (χ2v) is 6.33. The maximum atomic E-state index is 12.6. The molecule has 3 aliphatic rings. The van der Waals surface area contributed by atoms with Gasteiger partial charge in [0.1, 0.15) is 11.4 Å². The van der Waals surface area contributed by atoms with Crippen LogP contribution < -0.4 is 0 Å². The van der Waals surface area contributed by atoms with E-state index in [-0.39, 0.29) is 11.5 Å². The first-order valence-electron chi connectivity index (χ1n) is 7.63. The van der Waals surface area contributed by atoms with Crippen molar-refractivity contribution in [1.29, 1.82) is 0 Å². The first-order valence-corrected chi connectivity index (χ1v) is 7.63. The number of benzene rings is 1. The van der Waals surface area contributed by atoms with Gasteiger partial charge in [-0.05, 0) is 56.0 Å². The molecule has 1 aromatic carbocycles. The molecule has 0 amide bonds. The molecular weight excluding hydrogens is 266 g/mol. The number of nitrogens with one attached hydrogen (secondary N) is 1. The standard InChI is InChI=1S/C16H19N3O2/c20-12-1-2-14-13(8-12)16(18-17-14)15(21)7-11-9-19-5-3-10(11)4-6-19/h1-2,8,10-11,20H,3-7,9H2,(H,17,18)/t11-/m1/s1. The Balaban J connectivity index is 1.57. The Morgan fingerprint density at radius 2 is 2.19 bits per heavy atom. The van der Waals surface area contributed by atoms with Crippen molar-refractivity contribution >= 4 is 16.7 Å². The van der Waals surface area contributed by atoms with Crippen molar-refractivity contribution in [3.8, 4) is 5.75 Å². The molecule has 5 rings (SSSR count). The van der Waals surface area contributed by atoms with Crippen LogP contribution in [0.2, 0.25) is 0 Å². The lowest BCUT2D eigenvalue weighted by Gasteiger charge is -2.44. The molecule has 1 atom stereocenters. The van der Waals surface area contributed by atoms with Crippen LogP contribution in [0.4, 0.5) is 0 Å². The highest BCUT2D eigenvalue weighted by Gasteiger charge is 2.35. The van der Waals surface area contributed by atoms with Crippen molar-refractivity contribution in [2.45, 2.75) is 19.3 Å². The zero-order valence-corrected chi connectivity index (χ0v) is 11.9. The van der Waals surface area contributed by atoms with Gasteiger partial charge in [-0.25, -0.2) is 0 Å². The molecule has 0 unspecified atom stereocenters. The van der Waals surface area contributed by atoms with E-state index in [0.29, 0.717) is 24.0 Å².